The van der Waals surface area contributed by atoms with Crippen molar-refractivity contribution in [2.24, 2.45) is 0 Å². The van der Waals surface area contributed by atoms with Gasteiger partial charge in [0.05, 0.1) is 21.9 Å². The Balaban J connectivity index is 1.42. The van der Waals surface area contributed by atoms with Gasteiger partial charge in [0.1, 0.15) is 17.9 Å². The number of aromatic nitrogens is 2. The smallest absolute Gasteiger partial charge is 0.282 e. The molecule has 0 fully saturated rings. The number of nitro groups is 1. The molecule has 10 heteroatoms. The summed E-state index contributed by atoms with van der Waals surface area (Å²) in [7, 11) is 0. The number of nitrogens with one attached hydrogen (secondary N) is 1. The van der Waals surface area contributed by atoms with Gasteiger partial charge in [0.25, 0.3) is 17.5 Å². The van der Waals surface area contributed by atoms with Crippen LogP contribution in [0.25, 0.3) is 5.69 Å². The van der Waals surface area contributed by atoms with Crippen molar-refractivity contribution >= 4 is 29.2 Å². The molecule has 1 aliphatic carbocycles. The van der Waals surface area contributed by atoms with E-state index in [2.05, 4.69) is 10.4 Å². The fourth-order valence-corrected chi connectivity index (χ4v) is 4.20. The number of anilines is 1. The molecular formula is C22H17N5O5. The summed E-state index contributed by atoms with van der Waals surface area (Å²) in [5, 5.41) is 18.7. The van der Waals surface area contributed by atoms with E-state index in [9.17, 15) is 24.5 Å². The summed E-state index contributed by atoms with van der Waals surface area (Å²) in [4.78, 5) is 49.6. The highest BCUT2D eigenvalue weighted by Crippen LogP contribution is 2.32. The van der Waals surface area contributed by atoms with Crippen LogP contribution in [0.15, 0.2) is 48.5 Å². The van der Waals surface area contributed by atoms with Crippen LogP contribution in [0.1, 0.15) is 38.4 Å². The Morgan fingerprint density at radius 3 is 2.59 bits per heavy atom. The van der Waals surface area contributed by atoms with Gasteiger partial charge < -0.3 is 5.32 Å². The largest absolute Gasteiger partial charge is 0.309 e. The Morgan fingerprint density at radius 1 is 1.06 bits per heavy atom. The Kier molecular flexibility index (Phi) is 4.54. The van der Waals surface area contributed by atoms with Gasteiger partial charge in [0.2, 0.25) is 5.91 Å². The minimum atomic E-state index is -0.853. The van der Waals surface area contributed by atoms with Crippen molar-refractivity contribution in [3.63, 3.8) is 0 Å². The molecule has 5 rings (SSSR count). The molecule has 0 unspecified atom stereocenters. The van der Waals surface area contributed by atoms with Gasteiger partial charge >= 0.3 is 0 Å². The summed E-state index contributed by atoms with van der Waals surface area (Å²) >= 11 is 0. The van der Waals surface area contributed by atoms with Crippen molar-refractivity contribution in [2.45, 2.75) is 19.3 Å². The number of rotatable bonds is 5. The summed E-state index contributed by atoms with van der Waals surface area (Å²) in [6.45, 7) is -0.557. The topological polar surface area (TPSA) is 127 Å². The average molecular weight is 431 g/mol. The fraction of sp³-hybridized carbons (Fsp3) is 0.182. The summed E-state index contributed by atoms with van der Waals surface area (Å²) in [5.74, 6) is -1.66. The zero-order valence-electron chi connectivity index (χ0n) is 16.8. The van der Waals surface area contributed by atoms with Gasteiger partial charge in [-0.1, -0.05) is 24.3 Å². The van der Waals surface area contributed by atoms with Crippen molar-refractivity contribution in [1.29, 1.82) is 0 Å². The quantitative estimate of drug-likeness (QED) is 0.376. The van der Waals surface area contributed by atoms with E-state index in [1.807, 2.05) is 30.3 Å². The monoisotopic (exact) mass is 431 g/mol. The molecule has 1 N–H and O–H groups in total. The number of hydrogen-bond donors (Lipinski definition) is 1. The molecule has 32 heavy (non-hydrogen) atoms. The second-order valence-corrected chi connectivity index (χ2v) is 7.58. The first-order valence-corrected chi connectivity index (χ1v) is 10.1. The molecule has 160 valence electrons. The van der Waals surface area contributed by atoms with Gasteiger partial charge in [-0.15, -0.1) is 0 Å². The zero-order chi connectivity index (χ0) is 22.4. The lowest BCUT2D eigenvalue weighted by molar-refractivity contribution is -0.385. The number of nitrogens with zero attached hydrogens (tertiary/aromatic N) is 4. The van der Waals surface area contributed by atoms with Crippen LogP contribution in [0.4, 0.5) is 11.5 Å². The number of carbonyl (C=O) groups excluding carboxylic acids is 3. The highest BCUT2D eigenvalue weighted by atomic mass is 16.6. The Bertz CT molecular complexity index is 1300. The van der Waals surface area contributed by atoms with E-state index in [0.717, 1.165) is 47.2 Å². The van der Waals surface area contributed by atoms with E-state index in [4.69, 9.17) is 0 Å². The van der Waals surface area contributed by atoms with Gasteiger partial charge in [0.15, 0.2) is 0 Å². The van der Waals surface area contributed by atoms with Crippen molar-refractivity contribution < 1.29 is 19.3 Å². The second kappa shape index (κ2) is 7.41. The molecule has 2 heterocycles. The molecule has 3 amide bonds. The molecule has 1 aromatic heterocycles. The minimum Gasteiger partial charge on any atom is -0.309 e. The number of amides is 3. The Hall–Kier alpha value is -4.34. The fourth-order valence-electron chi connectivity index (χ4n) is 4.20. The van der Waals surface area contributed by atoms with Crippen LogP contribution in [0, 0.1) is 10.1 Å². The lowest BCUT2D eigenvalue weighted by Crippen LogP contribution is -2.37. The maximum atomic E-state index is 12.9. The highest BCUT2D eigenvalue weighted by Gasteiger charge is 2.41. The van der Waals surface area contributed by atoms with E-state index >= 15 is 0 Å². The van der Waals surface area contributed by atoms with E-state index in [-0.39, 0.29) is 11.1 Å². The molecule has 0 bridgehead atoms. The first-order valence-electron chi connectivity index (χ1n) is 10.1. The van der Waals surface area contributed by atoms with Gasteiger partial charge in [-0.25, -0.2) is 4.68 Å². The first-order chi connectivity index (χ1) is 15.5. The highest BCUT2D eigenvalue weighted by molar-refractivity contribution is 6.24. The lowest BCUT2D eigenvalue weighted by atomic mass is 10.1. The van der Waals surface area contributed by atoms with E-state index in [1.54, 1.807) is 4.68 Å². The third-order valence-corrected chi connectivity index (χ3v) is 5.64. The number of benzene rings is 2. The molecule has 0 radical (unpaired) electrons. The summed E-state index contributed by atoms with van der Waals surface area (Å²) < 4.78 is 1.65. The Labute approximate surface area is 181 Å². The Morgan fingerprint density at radius 2 is 1.84 bits per heavy atom. The first kappa shape index (κ1) is 19.6. The van der Waals surface area contributed by atoms with Crippen LogP contribution in [0.5, 0.6) is 0 Å². The maximum absolute atomic E-state index is 12.9. The summed E-state index contributed by atoms with van der Waals surface area (Å²) in [6, 6.07) is 13.2. The summed E-state index contributed by atoms with van der Waals surface area (Å²) in [5.41, 5.74) is 1.79. The molecule has 0 saturated carbocycles. The van der Waals surface area contributed by atoms with Crippen molar-refractivity contribution in [3.8, 4) is 5.69 Å². The van der Waals surface area contributed by atoms with Crippen LogP contribution in [0.2, 0.25) is 0 Å². The predicted molar refractivity (Wildman–Crippen MR) is 113 cm³/mol. The van der Waals surface area contributed by atoms with Gasteiger partial charge in [-0.05, 0) is 37.5 Å². The number of imide groups is 1. The van der Waals surface area contributed by atoms with Crippen LogP contribution >= 0.6 is 0 Å². The van der Waals surface area contributed by atoms with Gasteiger partial charge in [-0.2, -0.15) is 5.10 Å². The molecule has 0 saturated heterocycles. The van der Waals surface area contributed by atoms with Crippen molar-refractivity contribution in [3.05, 3.63) is 81.0 Å². The maximum Gasteiger partial charge on any atom is 0.282 e. The lowest BCUT2D eigenvalue weighted by Gasteiger charge is -2.15. The van der Waals surface area contributed by atoms with E-state index < -0.39 is 34.9 Å². The molecule has 1 aliphatic heterocycles. The molecule has 3 aromatic rings. The molecule has 2 aromatic carbocycles. The van der Waals surface area contributed by atoms with Crippen molar-refractivity contribution in [2.75, 3.05) is 11.9 Å². The number of hydrogen-bond acceptors (Lipinski definition) is 6. The number of nitro benzene ring substituents is 1. The number of para-hydroxylation sites is 1. The standard InChI is InChI=1S/C22H17N5O5/c28-18(12-25-21(29)15-9-5-11-17(27(31)32)19(15)22(25)30)23-20-14-8-4-10-16(14)24-26(20)13-6-2-1-3-7-13/h1-3,5-7,9,11H,4,8,10,12H2,(H,23,28). The third kappa shape index (κ3) is 3.04. The van der Waals surface area contributed by atoms with Gasteiger partial charge in [-0.3, -0.25) is 29.4 Å². The molecular weight excluding hydrogens is 414 g/mol. The second-order valence-electron chi connectivity index (χ2n) is 7.58. The van der Waals surface area contributed by atoms with Crippen molar-refractivity contribution in [1.82, 2.24) is 14.7 Å². The van der Waals surface area contributed by atoms with Crippen LogP contribution < -0.4 is 5.32 Å². The number of aryl methyl sites for hydroxylation is 1. The predicted octanol–water partition coefficient (Wildman–Crippen LogP) is 2.50. The molecule has 2 aliphatic rings. The van der Waals surface area contributed by atoms with Crippen LogP contribution in [-0.2, 0) is 17.6 Å². The average Bonchev–Trinajstić information content (AvgIpc) is 3.45. The number of fused-ring (bicyclic) bond motifs is 2. The SMILES string of the molecule is O=C(CN1C(=O)c2cccc([N+](=O)[O-])c2C1=O)Nc1c2c(nn1-c1ccccc1)CCC2. The molecule has 0 atom stereocenters. The third-order valence-electron chi connectivity index (χ3n) is 5.64. The summed E-state index contributed by atoms with van der Waals surface area (Å²) in [6.07, 6.45) is 2.50. The molecule has 10 nitrogen and oxygen atoms in total. The molecule has 0 spiro atoms. The van der Waals surface area contributed by atoms with E-state index in [0.29, 0.717) is 5.82 Å². The van der Waals surface area contributed by atoms with Crippen LogP contribution in [0.3, 0.4) is 0 Å². The van der Waals surface area contributed by atoms with Crippen LogP contribution in [-0.4, -0.2) is 43.9 Å². The number of carbonyl (C=O) groups is 3. The zero-order valence-corrected chi connectivity index (χ0v) is 16.8. The minimum absolute atomic E-state index is 0.0766. The normalized spacial score (nSPS) is 14.4. The van der Waals surface area contributed by atoms with E-state index in [1.165, 1.54) is 12.1 Å². The van der Waals surface area contributed by atoms with Gasteiger partial charge in [0, 0.05) is 11.6 Å².